The summed E-state index contributed by atoms with van der Waals surface area (Å²) in [7, 11) is 0. The molecule has 0 N–H and O–H groups in total. The quantitative estimate of drug-likeness (QED) is 0.155. The third-order valence-electron chi connectivity index (χ3n) is 10.2. The third kappa shape index (κ3) is 5.96. The van der Waals surface area contributed by atoms with Crippen molar-refractivity contribution in [3.05, 3.63) is 206 Å². The summed E-state index contributed by atoms with van der Waals surface area (Å²) in [6.07, 6.45) is 0. The van der Waals surface area contributed by atoms with Gasteiger partial charge in [-0.1, -0.05) is 158 Å². The number of hydrogen-bond acceptors (Lipinski definition) is 4. The van der Waals surface area contributed by atoms with Gasteiger partial charge in [0.1, 0.15) is 0 Å². The lowest BCUT2D eigenvalue weighted by atomic mass is 9.91. The van der Waals surface area contributed by atoms with Gasteiger partial charge in [-0.25, -0.2) is 15.0 Å². The lowest BCUT2D eigenvalue weighted by Gasteiger charge is -2.26. The number of fused-ring (bicyclic) bond motifs is 5. The normalized spacial score (nSPS) is 11.3. The van der Waals surface area contributed by atoms with E-state index in [0.29, 0.717) is 5.82 Å². The van der Waals surface area contributed by atoms with Crippen LogP contribution in [0.1, 0.15) is 0 Å². The van der Waals surface area contributed by atoms with Gasteiger partial charge in [-0.2, -0.15) is 0 Å². The van der Waals surface area contributed by atoms with Gasteiger partial charge in [0, 0.05) is 55.5 Å². The molecular weight excluding hydrogens is 669 g/mol. The highest BCUT2D eigenvalue weighted by Crippen LogP contribution is 2.44. The van der Waals surface area contributed by atoms with Crippen molar-refractivity contribution in [3.63, 3.8) is 0 Å². The van der Waals surface area contributed by atoms with Gasteiger partial charge in [-0.15, -0.1) is 0 Å². The SMILES string of the molecule is c1ccc(-c2cc(-c3ccccc3)nc(-c3cc4ccccc4c4c3c(-c3ccccc3)nc3cc(N(c5ccccc5)c5ccccc5)ccc34)n2)cc1. The van der Waals surface area contributed by atoms with Gasteiger partial charge in [-0.05, 0) is 59.3 Å². The van der Waals surface area contributed by atoms with E-state index < -0.39 is 0 Å². The molecule has 0 amide bonds. The number of nitrogens with zero attached hydrogens (tertiary/aromatic N) is 4. The molecule has 0 radical (unpaired) electrons. The van der Waals surface area contributed by atoms with Crippen molar-refractivity contribution >= 4 is 49.5 Å². The van der Waals surface area contributed by atoms with Crippen LogP contribution in [0.4, 0.5) is 17.1 Å². The third-order valence-corrected chi connectivity index (χ3v) is 10.2. The molecule has 0 saturated carbocycles. The van der Waals surface area contributed by atoms with Crippen LogP contribution in [0.15, 0.2) is 206 Å². The Bertz CT molecular complexity index is 2850. The molecule has 2 heterocycles. The highest BCUT2D eigenvalue weighted by atomic mass is 15.1. The maximum atomic E-state index is 5.58. The van der Waals surface area contributed by atoms with E-state index in [2.05, 4.69) is 199 Å². The number of pyridine rings is 1. The van der Waals surface area contributed by atoms with Gasteiger partial charge in [-0.3, -0.25) is 0 Å². The lowest BCUT2D eigenvalue weighted by Crippen LogP contribution is -2.09. The van der Waals surface area contributed by atoms with Crippen LogP contribution in [0.5, 0.6) is 0 Å². The molecule has 10 rings (SSSR count). The summed E-state index contributed by atoms with van der Waals surface area (Å²) >= 11 is 0. The van der Waals surface area contributed by atoms with Crippen molar-refractivity contribution in [1.82, 2.24) is 15.0 Å². The molecule has 0 bridgehead atoms. The average molecular weight is 703 g/mol. The average Bonchev–Trinajstić information content (AvgIpc) is 3.27. The number of benzene rings is 8. The molecule has 10 aromatic rings. The zero-order chi connectivity index (χ0) is 36.6. The molecule has 8 aromatic carbocycles. The molecule has 0 fully saturated rings. The molecule has 0 spiro atoms. The van der Waals surface area contributed by atoms with Crippen LogP contribution >= 0.6 is 0 Å². The maximum Gasteiger partial charge on any atom is 0.161 e. The highest BCUT2D eigenvalue weighted by molar-refractivity contribution is 6.26. The Morgan fingerprint density at radius 2 is 0.855 bits per heavy atom. The highest BCUT2D eigenvalue weighted by Gasteiger charge is 2.22. The molecule has 4 heteroatoms. The van der Waals surface area contributed by atoms with E-state index in [-0.39, 0.29) is 0 Å². The summed E-state index contributed by atoms with van der Waals surface area (Å²) in [6, 6.07) is 71.9. The second kappa shape index (κ2) is 13.8. The lowest BCUT2D eigenvalue weighted by molar-refractivity contribution is 1.19. The van der Waals surface area contributed by atoms with E-state index in [1.807, 2.05) is 12.1 Å². The Morgan fingerprint density at radius 3 is 1.44 bits per heavy atom. The first kappa shape index (κ1) is 32.2. The Labute approximate surface area is 319 Å². The van der Waals surface area contributed by atoms with E-state index in [1.165, 1.54) is 0 Å². The van der Waals surface area contributed by atoms with Gasteiger partial charge in [0.2, 0.25) is 0 Å². The Kier molecular flexibility index (Phi) is 8.12. The molecule has 2 aromatic heterocycles. The van der Waals surface area contributed by atoms with E-state index in [9.17, 15) is 0 Å². The van der Waals surface area contributed by atoms with Crippen LogP contribution in [-0.4, -0.2) is 15.0 Å². The molecule has 0 saturated heterocycles. The second-order valence-electron chi connectivity index (χ2n) is 13.6. The van der Waals surface area contributed by atoms with Crippen LogP contribution in [0.3, 0.4) is 0 Å². The first-order valence-corrected chi connectivity index (χ1v) is 18.5. The molecule has 0 unspecified atom stereocenters. The number of hydrogen-bond donors (Lipinski definition) is 0. The van der Waals surface area contributed by atoms with Gasteiger partial charge >= 0.3 is 0 Å². The predicted molar refractivity (Wildman–Crippen MR) is 229 cm³/mol. The first-order chi connectivity index (χ1) is 27.3. The van der Waals surface area contributed by atoms with Crippen LogP contribution in [0.25, 0.3) is 77.6 Å². The van der Waals surface area contributed by atoms with Crippen molar-refractivity contribution < 1.29 is 0 Å². The predicted octanol–water partition coefficient (Wildman–Crippen LogP) is 13.5. The molecular formula is C51H34N4. The Morgan fingerprint density at radius 1 is 0.345 bits per heavy atom. The fourth-order valence-electron chi connectivity index (χ4n) is 7.68. The van der Waals surface area contributed by atoms with Crippen LogP contribution in [-0.2, 0) is 0 Å². The van der Waals surface area contributed by atoms with E-state index >= 15 is 0 Å². The minimum atomic E-state index is 0.658. The zero-order valence-electron chi connectivity index (χ0n) is 29.9. The van der Waals surface area contributed by atoms with E-state index in [0.717, 1.165) is 88.8 Å². The van der Waals surface area contributed by atoms with Gasteiger partial charge < -0.3 is 4.90 Å². The van der Waals surface area contributed by atoms with Crippen LogP contribution in [0, 0.1) is 0 Å². The first-order valence-electron chi connectivity index (χ1n) is 18.5. The fourth-order valence-corrected chi connectivity index (χ4v) is 7.68. The van der Waals surface area contributed by atoms with Crippen molar-refractivity contribution in [2.24, 2.45) is 0 Å². The molecule has 0 aliphatic heterocycles. The van der Waals surface area contributed by atoms with Crippen molar-refractivity contribution in [2.75, 3.05) is 4.90 Å². The van der Waals surface area contributed by atoms with Crippen molar-refractivity contribution in [3.8, 4) is 45.2 Å². The van der Waals surface area contributed by atoms with Crippen LogP contribution in [0.2, 0.25) is 0 Å². The van der Waals surface area contributed by atoms with Gasteiger partial charge in [0.25, 0.3) is 0 Å². The topological polar surface area (TPSA) is 41.9 Å². The summed E-state index contributed by atoms with van der Waals surface area (Å²) in [5.74, 6) is 0.658. The molecule has 0 atom stereocenters. The molecule has 258 valence electrons. The monoisotopic (exact) mass is 702 g/mol. The Balaban J connectivity index is 1.31. The molecule has 55 heavy (non-hydrogen) atoms. The Hall–Kier alpha value is -7.43. The number of anilines is 3. The summed E-state index contributed by atoms with van der Waals surface area (Å²) < 4.78 is 0. The largest absolute Gasteiger partial charge is 0.310 e. The molecule has 0 aliphatic carbocycles. The van der Waals surface area contributed by atoms with Gasteiger partial charge in [0.15, 0.2) is 5.82 Å². The minimum Gasteiger partial charge on any atom is -0.310 e. The number of aromatic nitrogens is 3. The van der Waals surface area contributed by atoms with Crippen molar-refractivity contribution in [2.45, 2.75) is 0 Å². The fraction of sp³-hybridized carbons (Fsp3) is 0. The van der Waals surface area contributed by atoms with Crippen LogP contribution < -0.4 is 4.90 Å². The number of rotatable bonds is 7. The summed E-state index contributed by atoms with van der Waals surface area (Å²) in [6.45, 7) is 0. The van der Waals surface area contributed by atoms with E-state index in [4.69, 9.17) is 15.0 Å². The number of para-hydroxylation sites is 2. The standard InChI is InChI=1S/C51H34N4/c1-6-18-35(19-7-1)45-34-46(36-20-8-2-9-21-36)54-51(53-45)44-32-38-24-16-17-29-42(38)48-43-31-30-41(33-47(43)52-50(49(44)48)37-22-10-3-11-23-37)55(39-25-12-4-13-26-39)40-27-14-5-15-28-40/h1-34H. The van der Waals surface area contributed by atoms with E-state index in [1.54, 1.807) is 0 Å². The molecule has 4 nitrogen and oxygen atoms in total. The molecule has 0 aliphatic rings. The van der Waals surface area contributed by atoms with Gasteiger partial charge in [0.05, 0.1) is 22.6 Å². The zero-order valence-corrected chi connectivity index (χ0v) is 29.9. The smallest absolute Gasteiger partial charge is 0.161 e. The summed E-state index contributed by atoms with van der Waals surface area (Å²) in [5.41, 5.74) is 10.8. The maximum absolute atomic E-state index is 5.58. The summed E-state index contributed by atoms with van der Waals surface area (Å²) in [5, 5.41) is 5.50. The second-order valence-corrected chi connectivity index (χ2v) is 13.6. The summed E-state index contributed by atoms with van der Waals surface area (Å²) in [4.78, 5) is 18.5. The minimum absolute atomic E-state index is 0.658. The van der Waals surface area contributed by atoms with Crippen molar-refractivity contribution in [1.29, 1.82) is 0 Å².